The van der Waals surface area contributed by atoms with E-state index in [0.29, 0.717) is 5.82 Å². The van der Waals surface area contributed by atoms with Crippen molar-refractivity contribution in [3.63, 3.8) is 0 Å². The molecule has 0 bridgehead atoms. The van der Waals surface area contributed by atoms with Gasteiger partial charge in [-0.2, -0.15) is 0 Å². The maximum absolute atomic E-state index is 10.7. The first-order chi connectivity index (χ1) is 9.01. The number of benzene rings is 1. The highest BCUT2D eigenvalue weighted by Gasteiger charge is 2.12. The summed E-state index contributed by atoms with van der Waals surface area (Å²) in [4.78, 5) is 17.7. The molecule has 0 spiro atoms. The lowest BCUT2D eigenvalue weighted by molar-refractivity contribution is -0.136. The summed E-state index contributed by atoms with van der Waals surface area (Å²) in [5.74, 6) is 0.268. The first-order valence-corrected chi connectivity index (χ1v) is 5.92. The summed E-state index contributed by atoms with van der Waals surface area (Å²) < 4.78 is 5.36. The standard InChI is InChI=1S/C14H16N2O3/c1-8-4-10(12(19-3)5-9(8)2)11-7-15-13(16-11)6-14(17)18/h4-5,7H,6H2,1-3H3,(H,15,16)(H,17,18). The number of aryl methyl sites for hydroxylation is 2. The van der Waals surface area contributed by atoms with Crippen LogP contribution in [0.1, 0.15) is 17.0 Å². The molecule has 19 heavy (non-hydrogen) atoms. The molecule has 100 valence electrons. The van der Waals surface area contributed by atoms with Crippen molar-refractivity contribution in [1.29, 1.82) is 0 Å². The van der Waals surface area contributed by atoms with E-state index in [9.17, 15) is 4.79 Å². The summed E-state index contributed by atoms with van der Waals surface area (Å²) in [6.07, 6.45) is 1.51. The lowest BCUT2D eigenvalue weighted by Gasteiger charge is -2.10. The van der Waals surface area contributed by atoms with Crippen molar-refractivity contribution in [3.8, 4) is 17.0 Å². The Morgan fingerprint density at radius 2 is 2.05 bits per heavy atom. The fourth-order valence-electron chi connectivity index (χ4n) is 1.90. The lowest BCUT2D eigenvalue weighted by atomic mass is 10.0. The quantitative estimate of drug-likeness (QED) is 0.884. The first kappa shape index (κ1) is 13.1. The molecule has 1 heterocycles. The molecule has 0 aliphatic heterocycles. The number of ether oxygens (including phenoxy) is 1. The highest BCUT2D eigenvalue weighted by Crippen LogP contribution is 2.31. The number of aromatic nitrogens is 2. The molecular weight excluding hydrogens is 244 g/mol. The van der Waals surface area contributed by atoms with Gasteiger partial charge in [0.15, 0.2) is 0 Å². The van der Waals surface area contributed by atoms with Crippen LogP contribution in [-0.2, 0) is 11.2 Å². The van der Waals surface area contributed by atoms with Crippen LogP contribution in [0.2, 0.25) is 0 Å². The molecule has 0 aliphatic rings. The van der Waals surface area contributed by atoms with Crippen molar-refractivity contribution in [2.45, 2.75) is 20.3 Å². The molecular formula is C14H16N2O3. The average Bonchev–Trinajstić information content (AvgIpc) is 2.79. The van der Waals surface area contributed by atoms with Crippen LogP contribution in [0, 0.1) is 13.8 Å². The van der Waals surface area contributed by atoms with E-state index >= 15 is 0 Å². The topological polar surface area (TPSA) is 75.2 Å². The number of hydrogen-bond donors (Lipinski definition) is 2. The van der Waals surface area contributed by atoms with E-state index in [1.165, 1.54) is 0 Å². The molecule has 2 N–H and O–H groups in total. The fraction of sp³-hybridized carbons (Fsp3) is 0.286. The summed E-state index contributed by atoms with van der Waals surface area (Å²) in [7, 11) is 1.61. The number of imidazole rings is 1. The SMILES string of the molecule is COc1cc(C)c(C)cc1-c1cnc(CC(=O)O)[nH]1. The van der Waals surface area contributed by atoms with E-state index in [1.54, 1.807) is 13.3 Å². The third-order valence-corrected chi connectivity index (χ3v) is 3.05. The van der Waals surface area contributed by atoms with Gasteiger partial charge in [-0.15, -0.1) is 0 Å². The molecule has 1 aromatic heterocycles. The van der Waals surface area contributed by atoms with Crippen LogP contribution < -0.4 is 4.74 Å². The zero-order valence-electron chi connectivity index (χ0n) is 11.2. The van der Waals surface area contributed by atoms with E-state index in [0.717, 1.165) is 28.1 Å². The van der Waals surface area contributed by atoms with Gasteiger partial charge in [0.1, 0.15) is 18.0 Å². The molecule has 0 saturated carbocycles. The first-order valence-electron chi connectivity index (χ1n) is 5.92. The molecule has 0 unspecified atom stereocenters. The number of methoxy groups -OCH3 is 1. The molecule has 0 aliphatic carbocycles. The molecule has 5 nitrogen and oxygen atoms in total. The van der Waals surface area contributed by atoms with Crippen LogP contribution in [-0.4, -0.2) is 28.2 Å². The highest BCUT2D eigenvalue weighted by molar-refractivity contribution is 5.71. The lowest BCUT2D eigenvalue weighted by Crippen LogP contribution is -2.01. The van der Waals surface area contributed by atoms with Gasteiger partial charge in [0.2, 0.25) is 0 Å². The molecule has 0 atom stereocenters. The van der Waals surface area contributed by atoms with E-state index in [2.05, 4.69) is 9.97 Å². The normalized spacial score (nSPS) is 10.5. The minimum absolute atomic E-state index is 0.118. The third-order valence-electron chi connectivity index (χ3n) is 3.05. The van der Waals surface area contributed by atoms with Gasteiger partial charge in [-0.05, 0) is 37.1 Å². The Bertz CT molecular complexity index is 617. The number of hydrogen-bond acceptors (Lipinski definition) is 3. The number of aliphatic carboxylic acids is 1. The van der Waals surface area contributed by atoms with Gasteiger partial charge >= 0.3 is 5.97 Å². The van der Waals surface area contributed by atoms with Crippen molar-refractivity contribution in [1.82, 2.24) is 9.97 Å². The maximum Gasteiger partial charge on any atom is 0.311 e. The second kappa shape index (κ2) is 5.14. The number of carboxylic acids is 1. The molecule has 0 amide bonds. The molecule has 5 heteroatoms. The van der Waals surface area contributed by atoms with E-state index < -0.39 is 5.97 Å². The highest BCUT2D eigenvalue weighted by atomic mass is 16.5. The summed E-state index contributed by atoms with van der Waals surface area (Å²) in [5.41, 5.74) is 3.93. The van der Waals surface area contributed by atoms with Gasteiger partial charge < -0.3 is 14.8 Å². The van der Waals surface area contributed by atoms with Crippen molar-refractivity contribution < 1.29 is 14.6 Å². The smallest absolute Gasteiger partial charge is 0.311 e. The molecule has 0 radical (unpaired) electrons. The van der Waals surface area contributed by atoms with Gasteiger partial charge in [0.25, 0.3) is 0 Å². The van der Waals surface area contributed by atoms with Gasteiger partial charge in [0.05, 0.1) is 19.0 Å². The molecule has 0 saturated heterocycles. The van der Waals surface area contributed by atoms with Crippen LogP contribution >= 0.6 is 0 Å². The Kier molecular flexibility index (Phi) is 3.55. The molecule has 2 aromatic rings. The molecule has 2 rings (SSSR count). The van der Waals surface area contributed by atoms with Crippen LogP contribution in [0.15, 0.2) is 18.3 Å². The van der Waals surface area contributed by atoms with Crippen LogP contribution in [0.5, 0.6) is 5.75 Å². The zero-order chi connectivity index (χ0) is 14.0. The van der Waals surface area contributed by atoms with E-state index in [1.807, 2.05) is 26.0 Å². The number of nitrogens with zero attached hydrogens (tertiary/aromatic N) is 1. The Morgan fingerprint density at radius 3 is 2.68 bits per heavy atom. The molecule has 1 aromatic carbocycles. The van der Waals surface area contributed by atoms with E-state index in [-0.39, 0.29) is 6.42 Å². The van der Waals surface area contributed by atoms with Crippen molar-refractivity contribution in [3.05, 3.63) is 35.3 Å². The second-order valence-corrected chi connectivity index (χ2v) is 4.45. The van der Waals surface area contributed by atoms with Gasteiger partial charge in [-0.25, -0.2) is 4.98 Å². The van der Waals surface area contributed by atoms with Gasteiger partial charge in [0, 0.05) is 5.56 Å². The van der Waals surface area contributed by atoms with Crippen LogP contribution in [0.25, 0.3) is 11.3 Å². The maximum atomic E-state index is 10.7. The number of aromatic amines is 1. The second-order valence-electron chi connectivity index (χ2n) is 4.45. The Hall–Kier alpha value is -2.30. The Balaban J connectivity index is 2.43. The average molecular weight is 260 g/mol. The minimum Gasteiger partial charge on any atom is -0.496 e. The summed E-state index contributed by atoms with van der Waals surface area (Å²) >= 11 is 0. The minimum atomic E-state index is -0.909. The van der Waals surface area contributed by atoms with Crippen molar-refractivity contribution in [2.24, 2.45) is 0 Å². The predicted octanol–water partition coefficient (Wildman–Crippen LogP) is 2.33. The third kappa shape index (κ3) is 2.76. The number of H-pyrrole nitrogens is 1. The number of carbonyl (C=O) groups is 1. The van der Waals surface area contributed by atoms with Crippen molar-refractivity contribution in [2.75, 3.05) is 7.11 Å². The predicted molar refractivity (Wildman–Crippen MR) is 71.4 cm³/mol. The number of carboxylic acid groups (broad SMARTS) is 1. The zero-order valence-corrected chi connectivity index (χ0v) is 11.2. The Morgan fingerprint density at radius 1 is 1.37 bits per heavy atom. The van der Waals surface area contributed by atoms with E-state index in [4.69, 9.17) is 9.84 Å². The van der Waals surface area contributed by atoms with Crippen LogP contribution in [0.4, 0.5) is 0 Å². The fourth-order valence-corrected chi connectivity index (χ4v) is 1.90. The summed E-state index contributed by atoms with van der Waals surface area (Å²) in [6.45, 7) is 4.04. The van der Waals surface area contributed by atoms with Gasteiger partial charge in [-0.3, -0.25) is 4.79 Å². The molecule has 0 fully saturated rings. The largest absolute Gasteiger partial charge is 0.496 e. The number of rotatable bonds is 4. The summed E-state index contributed by atoms with van der Waals surface area (Å²) in [6, 6.07) is 3.97. The van der Waals surface area contributed by atoms with Gasteiger partial charge in [-0.1, -0.05) is 0 Å². The monoisotopic (exact) mass is 260 g/mol. The van der Waals surface area contributed by atoms with Crippen LogP contribution in [0.3, 0.4) is 0 Å². The Labute approximate surface area is 111 Å². The number of nitrogens with one attached hydrogen (secondary N) is 1. The van der Waals surface area contributed by atoms with Crippen molar-refractivity contribution >= 4 is 5.97 Å². The summed E-state index contributed by atoms with van der Waals surface area (Å²) in [5, 5.41) is 8.74.